The predicted octanol–water partition coefficient (Wildman–Crippen LogP) is 3.36. The van der Waals surface area contributed by atoms with E-state index in [4.69, 9.17) is 0 Å². The Balaban J connectivity index is 1.56. The Morgan fingerprint density at radius 3 is 2.75 bits per heavy atom. The average Bonchev–Trinajstić information content (AvgIpc) is 3.22. The van der Waals surface area contributed by atoms with Gasteiger partial charge in [-0.15, -0.1) is 11.3 Å². The molecule has 0 saturated carbocycles. The third-order valence-electron chi connectivity index (χ3n) is 3.86. The SMILES string of the molecule is Cc1ccnn1CCC(=O)N(C)Cc1csc(-c2ccccc2)n1. The van der Waals surface area contributed by atoms with Crippen LogP contribution < -0.4 is 0 Å². The Hall–Kier alpha value is -2.47. The zero-order chi connectivity index (χ0) is 16.9. The first-order valence-corrected chi connectivity index (χ1v) is 8.73. The quantitative estimate of drug-likeness (QED) is 0.691. The largest absolute Gasteiger partial charge is 0.340 e. The Morgan fingerprint density at radius 2 is 2.04 bits per heavy atom. The van der Waals surface area contributed by atoms with Crippen molar-refractivity contribution < 1.29 is 4.79 Å². The van der Waals surface area contributed by atoms with E-state index in [1.807, 2.05) is 60.4 Å². The molecule has 0 aliphatic carbocycles. The summed E-state index contributed by atoms with van der Waals surface area (Å²) in [5.41, 5.74) is 3.10. The topological polar surface area (TPSA) is 51.0 Å². The molecule has 124 valence electrons. The minimum absolute atomic E-state index is 0.0964. The minimum Gasteiger partial charge on any atom is -0.340 e. The van der Waals surface area contributed by atoms with E-state index in [0.717, 1.165) is 22.0 Å². The third-order valence-corrected chi connectivity index (χ3v) is 4.80. The van der Waals surface area contributed by atoms with Gasteiger partial charge in [-0.2, -0.15) is 5.10 Å². The normalized spacial score (nSPS) is 10.8. The predicted molar refractivity (Wildman–Crippen MR) is 95.6 cm³/mol. The highest BCUT2D eigenvalue weighted by Crippen LogP contribution is 2.23. The Morgan fingerprint density at radius 1 is 1.25 bits per heavy atom. The molecule has 0 N–H and O–H groups in total. The molecule has 24 heavy (non-hydrogen) atoms. The molecule has 6 heteroatoms. The van der Waals surface area contributed by atoms with E-state index in [1.54, 1.807) is 22.4 Å². The molecule has 3 aromatic rings. The number of hydrogen-bond acceptors (Lipinski definition) is 4. The van der Waals surface area contributed by atoms with Crippen molar-refractivity contribution in [2.45, 2.75) is 26.4 Å². The second-order valence-electron chi connectivity index (χ2n) is 5.71. The highest BCUT2D eigenvalue weighted by Gasteiger charge is 2.12. The molecule has 1 amide bonds. The summed E-state index contributed by atoms with van der Waals surface area (Å²) in [6.07, 6.45) is 2.19. The Labute approximate surface area is 145 Å². The van der Waals surface area contributed by atoms with E-state index in [0.29, 0.717) is 19.5 Å². The maximum atomic E-state index is 12.3. The molecule has 0 saturated heterocycles. The lowest BCUT2D eigenvalue weighted by Crippen LogP contribution is -2.27. The van der Waals surface area contributed by atoms with Crippen molar-refractivity contribution in [3.63, 3.8) is 0 Å². The van der Waals surface area contributed by atoms with Gasteiger partial charge in [-0.3, -0.25) is 9.48 Å². The number of carbonyl (C=O) groups excluding carboxylic acids is 1. The fourth-order valence-corrected chi connectivity index (χ4v) is 3.27. The third kappa shape index (κ3) is 3.89. The van der Waals surface area contributed by atoms with E-state index in [-0.39, 0.29) is 5.91 Å². The zero-order valence-electron chi connectivity index (χ0n) is 13.8. The number of hydrogen-bond donors (Lipinski definition) is 0. The van der Waals surface area contributed by atoms with Gasteiger partial charge in [0, 0.05) is 42.8 Å². The van der Waals surface area contributed by atoms with Crippen molar-refractivity contribution in [2.24, 2.45) is 0 Å². The lowest BCUT2D eigenvalue weighted by atomic mass is 10.2. The van der Waals surface area contributed by atoms with Crippen molar-refractivity contribution in [1.29, 1.82) is 0 Å². The van der Waals surface area contributed by atoms with Crippen LogP contribution in [0.15, 0.2) is 48.0 Å². The van der Waals surface area contributed by atoms with E-state index in [2.05, 4.69) is 10.1 Å². The number of rotatable bonds is 6. The monoisotopic (exact) mass is 340 g/mol. The van der Waals surface area contributed by atoms with Crippen LogP contribution in [0.3, 0.4) is 0 Å². The fourth-order valence-electron chi connectivity index (χ4n) is 2.45. The molecule has 0 radical (unpaired) electrons. The summed E-state index contributed by atoms with van der Waals surface area (Å²) >= 11 is 1.61. The maximum Gasteiger partial charge on any atom is 0.224 e. The lowest BCUT2D eigenvalue weighted by Gasteiger charge is -2.16. The van der Waals surface area contributed by atoms with Gasteiger partial charge < -0.3 is 4.90 Å². The van der Waals surface area contributed by atoms with Crippen LogP contribution >= 0.6 is 11.3 Å². The summed E-state index contributed by atoms with van der Waals surface area (Å²) in [7, 11) is 1.82. The van der Waals surface area contributed by atoms with Gasteiger partial charge in [0.1, 0.15) is 5.01 Å². The van der Waals surface area contributed by atoms with Crippen molar-refractivity contribution >= 4 is 17.2 Å². The first kappa shape index (κ1) is 16.4. The molecule has 0 aliphatic rings. The molecule has 0 aliphatic heterocycles. The van der Waals surface area contributed by atoms with E-state index in [1.165, 1.54) is 0 Å². The van der Waals surface area contributed by atoms with Gasteiger partial charge >= 0.3 is 0 Å². The van der Waals surface area contributed by atoms with Gasteiger partial charge in [-0.05, 0) is 13.0 Å². The standard InChI is InChI=1S/C18H20N4OS/c1-14-8-10-19-22(14)11-9-17(23)21(2)12-16-13-24-18(20-16)15-6-4-3-5-7-15/h3-8,10,13H,9,11-12H2,1-2H3. The van der Waals surface area contributed by atoms with Gasteiger partial charge in [0.15, 0.2) is 0 Å². The van der Waals surface area contributed by atoms with Gasteiger partial charge in [-0.25, -0.2) is 4.98 Å². The van der Waals surface area contributed by atoms with Crippen LogP contribution in [-0.4, -0.2) is 32.6 Å². The molecular weight excluding hydrogens is 320 g/mol. The minimum atomic E-state index is 0.0964. The average molecular weight is 340 g/mol. The van der Waals surface area contributed by atoms with E-state index < -0.39 is 0 Å². The Kier molecular flexibility index (Phi) is 5.05. The summed E-state index contributed by atoms with van der Waals surface area (Å²) < 4.78 is 1.85. The summed E-state index contributed by atoms with van der Waals surface area (Å²) in [6, 6.07) is 12.0. The van der Waals surface area contributed by atoms with Crippen LogP contribution in [0, 0.1) is 6.92 Å². The molecule has 5 nitrogen and oxygen atoms in total. The highest BCUT2D eigenvalue weighted by molar-refractivity contribution is 7.13. The van der Waals surface area contributed by atoms with Crippen LogP contribution in [0.25, 0.3) is 10.6 Å². The number of nitrogens with zero attached hydrogens (tertiary/aromatic N) is 4. The zero-order valence-corrected chi connectivity index (χ0v) is 14.7. The summed E-state index contributed by atoms with van der Waals surface area (Å²) in [6.45, 7) is 3.12. The van der Waals surface area contributed by atoms with E-state index >= 15 is 0 Å². The summed E-state index contributed by atoms with van der Waals surface area (Å²) in [4.78, 5) is 18.7. The molecule has 0 bridgehead atoms. The van der Waals surface area contributed by atoms with Crippen molar-refractivity contribution in [2.75, 3.05) is 7.05 Å². The van der Waals surface area contributed by atoms with Crippen molar-refractivity contribution in [1.82, 2.24) is 19.7 Å². The molecule has 3 rings (SSSR count). The van der Waals surface area contributed by atoms with E-state index in [9.17, 15) is 4.79 Å². The van der Waals surface area contributed by atoms with Crippen LogP contribution in [0.1, 0.15) is 17.8 Å². The summed E-state index contributed by atoms with van der Waals surface area (Å²) in [5, 5.41) is 7.21. The first-order valence-electron chi connectivity index (χ1n) is 7.85. The number of amides is 1. The number of aryl methyl sites for hydroxylation is 2. The van der Waals surface area contributed by atoms with Gasteiger partial charge in [0.2, 0.25) is 5.91 Å². The second kappa shape index (κ2) is 7.40. The molecule has 1 aromatic carbocycles. The lowest BCUT2D eigenvalue weighted by molar-refractivity contribution is -0.130. The molecule has 2 aromatic heterocycles. The molecule has 0 atom stereocenters. The van der Waals surface area contributed by atoms with Gasteiger partial charge in [-0.1, -0.05) is 30.3 Å². The Bertz CT molecular complexity index is 809. The van der Waals surface area contributed by atoms with Crippen molar-refractivity contribution in [3.8, 4) is 10.6 Å². The molecular formula is C18H20N4OS. The smallest absolute Gasteiger partial charge is 0.224 e. The van der Waals surface area contributed by atoms with Gasteiger partial charge in [0.25, 0.3) is 0 Å². The highest BCUT2D eigenvalue weighted by atomic mass is 32.1. The summed E-state index contributed by atoms with van der Waals surface area (Å²) in [5.74, 6) is 0.0964. The maximum absolute atomic E-state index is 12.3. The van der Waals surface area contributed by atoms with Crippen molar-refractivity contribution in [3.05, 3.63) is 59.4 Å². The van der Waals surface area contributed by atoms with Crippen LogP contribution in [0.2, 0.25) is 0 Å². The second-order valence-corrected chi connectivity index (χ2v) is 6.56. The molecule has 2 heterocycles. The van der Waals surface area contributed by atoms with Crippen LogP contribution in [-0.2, 0) is 17.9 Å². The molecule has 0 fully saturated rings. The van der Waals surface area contributed by atoms with Crippen LogP contribution in [0.5, 0.6) is 0 Å². The number of carbonyl (C=O) groups is 1. The molecule has 0 unspecified atom stereocenters. The molecule has 0 spiro atoms. The number of thiazole rings is 1. The number of aromatic nitrogens is 3. The fraction of sp³-hybridized carbons (Fsp3) is 0.278. The first-order chi connectivity index (χ1) is 11.6. The van der Waals surface area contributed by atoms with Gasteiger partial charge in [0.05, 0.1) is 12.2 Å². The number of benzene rings is 1. The van der Waals surface area contributed by atoms with Crippen LogP contribution in [0.4, 0.5) is 0 Å².